The van der Waals surface area contributed by atoms with Crippen molar-refractivity contribution in [3.8, 4) is 0 Å². The molecule has 0 aliphatic heterocycles. The van der Waals surface area contributed by atoms with Crippen LogP contribution in [0.25, 0.3) is 27.9 Å². The summed E-state index contributed by atoms with van der Waals surface area (Å²) in [5, 5.41) is 11.5. The minimum Gasteiger partial charge on any atom is -0.321 e. The topological polar surface area (TPSA) is 80.2 Å². The van der Waals surface area contributed by atoms with E-state index in [1.807, 2.05) is 83.6 Å². The molecule has 0 unspecified atom stereocenters. The van der Waals surface area contributed by atoms with Crippen LogP contribution in [0, 0.1) is 0 Å². The summed E-state index contributed by atoms with van der Waals surface area (Å²) in [4.78, 5) is 40.2. The number of amides is 2. The Morgan fingerprint density at radius 3 is 2.05 bits per heavy atom. The highest BCUT2D eigenvalue weighted by Gasteiger charge is 2.17. The first-order valence-corrected chi connectivity index (χ1v) is 15.2. The monoisotopic (exact) mass is 587 g/mol. The molecule has 0 spiro atoms. The van der Waals surface area contributed by atoms with Gasteiger partial charge in [-0.3, -0.25) is 19.0 Å². The maximum atomic E-state index is 13.4. The van der Waals surface area contributed by atoms with E-state index in [0.29, 0.717) is 11.3 Å². The van der Waals surface area contributed by atoms with Crippen molar-refractivity contribution in [3.63, 3.8) is 0 Å². The van der Waals surface area contributed by atoms with E-state index in [1.165, 1.54) is 23.1 Å². The Morgan fingerprint density at radius 1 is 0.762 bits per heavy atom. The Morgan fingerprint density at radius 2 is 1.40 bits per heavy atom. The minimum atomic E-state index is -0.438. The summed E-state index contributed by atoms with van der Waals surface area (Å²) in [5.74, 6) is -0.556. The first-order chi connectivity index (χ1) is 20.6. The number of benzene rings is 4. The molecule has 2 aromatic heterocycles. The van der Waals surface area contributed by atoms with E-state index in [2.05, 4.69) is 10.6 Å². The van der Waals surface area contributed by atoms with Crippen molar-refractivity contribution in [2.45, 2.75) is 4.90 Å². The molecule has 0 saturated carbocycles. The summed E-state index contributed by atoms with van der Waals surface area (Å²) >= 11 is 2.94. The molecule has 2 N–H and O–H groups in total. The molecule has 0 bridgehead atoms. The third-order valence-electron chi connectivity index (χ3n) is 6.69. The lowest BCUT2D eigenvalue weighted by atomic mass is 10.2. The van der Waals surface area contributed by atoms with Crippen molar-refractivity contribution in [1.82, 2.24) is 9.88 Å². The van der Waals surface area contributed by atoms with Gasteiger partial charge in [-0.05, 0) is 77.0 Å². The van der Waals surface area contributed by atoms with Gasteiger partial charge in [0, 0.05) is 26.9 Å². The smallest absolute Gasteiger partial charge is 0.272 e. The number of hydrogen-bond acceptors (Lipinski definition) is 5. The van der Waals surface area contributed by atoms with Crippen LogP contribution in [0.3, 0.4) is 0 Å². The van der Waals surface area contributed by atoms with E-state index < -0.39 is 5.91 Å². The van der Waals surface area contributed by atoms with Gasteiger partial charge < -0.3 is 10.6 Å². The van der Waals surface area contributed by atoms with Crippen molar-refractivity contribution >= 4 is 74.4 Å². The lowest BCUT2D eigenvalue weighted by molar-refractivity contribution is -0.113. The summed E-state index contributed by atoms with van der Waals surface area (Å²) in [5.41, 5.74) is 3.78. The largest absolute Gasteiger partial charge is 0.321 e. The van der Waals surface area contributed by atoms with Gasteiger partial charge in [-0.25, -0.2) is 0 Å². The average Bonchev–Trinajstić information content (AvgIpc) is 3.66. The molecule has 0 aliphatic rings. The molecule has 206 valence electrons. The van der Waals surface area contributed by atoms with Gasteiger partial charge in [0.05, 0.1) is 16.8 Å². The van der Waals surface area contributed by atoms with Crippen molar-refractivity contribution in [2.75, 3.05) is 11.1 Å². The quantitative estimate of drug-likeness (QED) is 0.141. The second-order valence-electron chi connectivity index (χ2n) is 9.47. The van der Waals surface area contributed by atoms with Crippen LogP contribution < -0.4 is 10.6 Å². The van der Waals surface area contributed by atoms with Crippen LogP contribution in [0.4, 0.5) is 5.69 Å². The summed E-state index contributed by atoms with van der Waals surface area (Å²) in [6.07, 6.45) is 1.65. The fourth-order valence-electron chi connectivity index (χ4n) is 4.70. The van der Waals surface area contributed by atoms with Gasteiger partial charge in [-0.1, -0.05) is 54.6 Å². The second kappa shape index (κ2) is 12.3. The lowest BCUT2D eigenvalue weighted by Crippen LogP contribution is -2.30. The van der Waals surface area contributed by atoms with E-state index >= 15 is 0 Å². The van der Waals surface area contributed by atoms with Crippen LogP contribution in [-0.4, -0.2) is 28.0 Å². The maximum absolute atomic E-state index is 13.4. The molecule has 0 atom stereocenters. The number of para-hydroxylation sites is 2. The number of aromatic nitrogens is 1. The Hall–Kier alpha value is -4.92. The Balaban J connectivity index is 1.14. The summed E-state index contributed by atoms with van der Waals surface area (Å²) in [6.45, 7) is 0. The zero-order valence-electron chi connectivity index (χ0n) is 22.3. The SMILES string of the molecule is O=C(Nc1ccc(SCC(=O)n2c3ccccc3c3ccccc32)cc1)/C(=C/c1ccsc1)NC(=O)c1ccccc1. The number of carbonyl (C=O) groups excluding carboxylic acids is 3. The first kappa shape index (κ1) is 27.3. The van der Waals surface area contributed by atoms with Crippen LogP contribution in [0.2, 0.25) is 0 Å². The van der Waals surface area contributed by atoms with E-state index in [-0.39, 0.29) is 23.3 Å². The highest BCUT2D eigenvalue weighted by atomic mass is 32.2. The third kappa shape index (κ3) is 5.90. The molecule has 6 nitrogen and oxygen atoms in total. The van der Waals surface area contributed by atoms with Crippen LogP contribution >= 0.6 is 23.1 Å². The van der Waals surface area contributed by atoms with Gasteiger partial charge in [-0.2, -0.15) is 11.3 Å². The molecule has 0 aliphatic carbocycles. The molecule has 2 heterocycles. The minimum absolute atomic E-state index is 0.00727. The first-order valence-electron chi connectivity index (χ1n) is 13.2. The standard InChI is InChI=1S/C34H25N3O3S2/c38-32(37-30-12-6-4-10-27(30)28-11-5-7-13-31(28)37)22-42-26-16-14-25(15-17-26)35-34(40)29(20-23-18-19-41-21-23)36-33(39)24-8-2-1-3-9-24/h1-21H,22H2,(H,35,40)(H,36,39)/b29-20-. The van der Waals surface area contributed by atoms with Gasteiger partial charge in [0.25, 0.3) is 11.8 Å². The van der Waals surface area contributed by atoms with Crippen molar-refractivity contribution in [3.05, 3.63) is 137 Å². The van der Waals surface area contributed by atoms with Gasteiger partial charge in [0.2, 0.25) is 5.91 Å². The third-order valence-corrected chi connectivity index (χ3v) is 8.39. The van der Waals surface area contributed by atoms with Crippen molar-refractivity contribution < 1.29 is 14.4 Å². The highest BCUT2D eigenvalue weighted by Crippen LogP contribution is 2.30. The molecule has 6 rings (SSSR count). The zero-order valence-corrected chi connectivity index (χ0v) is 24.0. The molecular formula is C34H25N3O3S2. The Kier molecular flexibility index (Phi) is 7.98. The average molecular weight is 588 g/mol. The molecule has 0 radical (unpaired) electrons. The number of nitrogens with one attached hydrogen (secondary N) is 2. The maximum Gasteiger partial charge on any atom is 0.272 e. The zero-order chi connectivity index (χ0) is 28.9. The Labute approximate surface area is 250 Å². The summed E-state index contributed by atoms with van der Waals surface area (Å²) in [6, 6.07) is 33.8. The summed E-state index contributed by atoms with van der Waals surface area (Å²) in [7, 11) is 0. The van der Waals surface area contributed by atoms with Gasteiger partial charge >= 0.3 is 0 Å². The number of thiophene rings is 1. The number of fused-ring (bicyclic) bond motifs is 3. The van der Waals surface area contributed by atoms with Crippen molar-refractivity contribution in [2.24, 2.45) is 0 Å². The normalized spacial score (nSPS) is 11.5. The highest BCUT2D eigenvalue weighted by molar-refractivity contribution is 8.00. The number of anilines is 1. The lowest BCUT2D eigenvalue weighted by Gasteiger charge is -2.12. The summed E-state index contributed by atoms with van der Waals surface area (Å²) < 4.78 is 1.79. The van der Waals surface area contributed by atoms with E-state index in [1.54, 1.807) is 47.0 Å². The van der Waals surface area contributed by atoms with Gasteiger partial charge in [0.1, 0.15) is 5.70 Å². The van der Waals surface area contributed by atoms with Crippen LogP contribution in [0.15, 0.2) is 131 Å². The van der Waals surface area contributed by atoms with Crippen LogP contribution in [0.1, 0.15) is 20.7 Å². The van der Waals surface area contributed by atoms with E-state index in [9.17, 15) is 14.4 Å². The molecule has 0 fully saturated rings. The number of hydrogen-bond donors (Lipinski definition) is 2. The number of nitrogens with zero attached hydrogens (tertiary/aromatic N) is 1. The molecule has 2 amide bonds. The molecular weight excluding hydrogens is 563 g/mol. The number of carbonyl (C=O) groups is 3. The van der Waals surface area contributed by atoms with Crippen LogP contribution in [-0.2, 0) is 4.79 Å². The van der Waals surface area contributed by atoms with Gasteiger partial charge in [0.15, 0.2) is 0 Å². The van der Waals surface area contributed by atoms with E-state index in [4.69, 9.17) is 0 Å². The predicted molar refractivity (Wildman–Crippen MR) is 172 cm³/mol. The fraction of sp³-hybridized carbons (Fsp3) is 0.0294. The van der Waals surface area contributed by atoms with Crippen molar-refractivity contribution in [1.29, 1.82) is 0 Å². The van der Waals surface area contributed by atoms with E-state index in [0.717, 1.165) is 32.3 Å². The molecule has 42 heavy (non-hydrogen) atoms. The molecule has 6 aromatic rings. The second-order valence-corrected chi connectivity index (χ2v) is 11.3. The molecule has 4 aromatic carbocycles. The number of rotatable bonds is 8. The molecule has 0 saturated heterocycles. The fourth-order valence-corrected chi connectivity index (χ4v) is 6.07. The number of thioether (sulfide) groups is 1. The molecule has 8 heteroatoms. The predicted octanol–water partition coefficient (Wildman–Crippen LogP) is 7.70. The van der Waals surface area contributed by atoms with Gasteiger partial charge in [-0.15, -0.1) is 11.8 Å². The Bertz CT molecular complexity index is 1870. The van der Waals surface area contributed by atoms with Crippen LogP contribution in [0.5, 0.6) is 0 Å².